The van der Waals surface area contributed by atoms with Crippen molar-refractivity contribution in [2.75, 3.05) is 7.11 Å². The monoisotopic (exact) mass is 471 g/mol. The van der Waals surface area contributed by atoms with Crippen molar-refractivity contribution in [1.82, 2.24) is 9.97 Å². The minimum Gasteiger partial charge on any atom is -0.497 e. The summed E-state index contributed by atoms with van der Waals surface area (Å²) >= 11 is 19.8. The van der Waals surface area contributed by atoms with Crippen LogP contribution < -0.4 is 4.74 Å². The van der Waals surface area contributed by atoms with Gasteiger partial charge in [-0.1, -0.05) is 40.9 Å². The molecule has 2 heterocycles. The molecular weight excluding hydrogens is 461 g/mol. The number of benzene rings is 2. The number of nitriles is 1. The van der Waals surface area contributed by atoms with E-state index in [4.69, 9.17) is 39.5 Å². The molecule has 0 amide bonds. The van der Waals surface area contributed by atoms with E-state index < -0.39 is 0 Å². The summed E-state index contributed by atoms with van der Waals surface area (Å²) in [5.41, 5.74) is 3.28. The van der Waals surface area contributed by atoms with E-state index in [1.54, 1.807) is 25.3 Å². The van der Waals surface area contributed by atoms with Crippen LogP contribution in [0.25, 0.3) is 33.8 Å². The first-order valence-electron chi connectivity index (χ1n) is 8.66. The van der Waals surface area contributed by atoms with E-state index in [1.165, 1.54) is 11.3 Å². The fourth-order valence-corrected chi connectivity index (χ4v) is 4.14. The van der Waals surface area contributed by atoms with Crippen molar-refractivity contribution in [2.24, 2.45) is 0 Å². The van der Waals surface area contributed by atoms with Crippen molar-refractivity contribution in [3.63, 3.8) is 0 Å². The number of hydrogen-bond acceptors (Lipinski definition) is 5. The van der Waals surface area contributed by atoms with Crippen molar-refractivity contribution in [3.05, 3.63) is 73.6 Å². The second-order valence-electron chi connectivity index (χ2n) is 6.26. The van der Waals surface area contributed by atoms with Gasteiger partial charge in [0, 0.05) is 28.0 Å². The highest BCUT2D eigenvalue weighted by atomic mass is 35.5. The highest BCUT2D eigenvalue weighted by molar-refractivity contribution is 7.11. The van der Waals surface area contributed by atoms with E-state index in [1.807, 2.05) is 35.7 Å². The van der Waals surface area contributed by atoms with E-state index in [2.05, 4.69) is 16.0 Å². The molecule has 0 spiro atoms. The molecule has 8 heteroatoms. The van der Waals surface area contributed by atoms with Crippen LogP contribution in [0.2, 0.25) is 15.2 Å². The predicted octanol–water partition coefficient (Wildman–Crippen LogP) is 7.39. The summed E-state index contributed by atoms with van der Waals surface area (Å²) in [6, 6.07) is 14.9. The van der Waals surface area contributed by atoms with Gasteiger partial charge < -0.3 is 4.74 Å². The van der Waals surface area contributed by atoms with E-state index in [9.17, 15) is 5.26 Å². The van der Waals surface area contributed by atoms with Gasteiger partial charge in [-0.05, 0) is 36.4 Å². The van der Waals surface area contributed by atoms with Gasteiger partial charge in [0.2, 0.25) is 0 Å². The number of methoxy groups -OCH3 is 1. The van der Waals surface area contributed by atoms with Crippen molar-refractivity contribution >= 4 is 68.7 Å². The van der Waals surface area contributed by atoms with Crippen LogP contribution in [-0.4, -0.2) is 17.1 Å². The zero-order valence-corrected chi connectivity index (χ0v) is 18.6. The minimum absolute atomic E-state index is 0.296. The molecule has 0 fully saturated rings. The maximum Gasteiger partial charge on any atom is 0.137 e. The second kappa shape index (κ2) is 8.63. The molecule has 4 nitrogen and oxygen atoms in total. The topological polar surface area (TPSA) is 58.8 Å². The Balaban J connectivity index is 1.72. The van der Waals surface area contributed by atoms with Gasteiger partial charge in [-0.3, -0.25) is 0 Å². The number of allylic oxidation sites excluding steroid dienone is 1. The molecule has 0 radical (unpaired) electrons. The van der Waals surface area contributed by atoms with Crippen molar-refractivity contribution in [3.8, 4) is 23.1 Å². The normalized spacial score (nSPS) is 11.5. The Hall–Kier alpha value is -2.62. The lowest BCUT2D eigenvalue weighted by Gasteiger charge is -2.05. The number of ether oxygens (including phenoxy) is 1. The Bertz CT molecular complexity index is 1340. The number of halogens is 3. The van der Waals surface area contributed by atoms with Crippen molar-refractivity contribution in [1.29, 1.82) is 5.26 Å². The third-order valence-electron chi connectivity index (χ3n) is 4.38. The predicted molar refractivity (Wildman–Crippen MR) is 124 cm³/mol. The molecule has 0 saturated carbocycles. The van der Waals surface area contributed by atoms with Crippen LogP contribution in [0.4, 0.5) is 0 Å². The number of fused-ring (bicyclic) bond motifs is 1. The smallest absolute Gasteiger partial charge is 0.137 e. The number of aromatic nitrogens is 2. The van der Waals surface area contributed by atoms with Crippen LogP contribution in [0.3, 0.4) is 0 Å². The summed E-state index contributed by atoms with van der Waals surface area (Å²) in [6.07, 6.45) is 1.69. The van der Waals surface area contributed by atoms with E-state index >= 15 is 0 Å². The lowest BCUT2D eigenvalue weighted by molar-refractivity contribution is 0.415. The van der Waals surface area contributed by atoms with E-state index in [0.29, 0.717) is 48.3 Å². The zero-order valence-electron chi connectivity index (χ0n) is 15.5. The Morgan fingerprint density at radius 1 is 1.07 bits per heavy atom. The Morgan fingerprint density at radius 2 is 1.90 bits per heavy atom. The summed E-state index contributed by atoms with van der Waals surface area (Å²) in [4.78, 5) is 9.00. The van der Waals surface area contributed by atoms with Crippen molar-refractivity contribution in [2.45, 2.75) is 0 Å². The van der Waals surface area contributed by atoms with Crippen LogP contribution >= 0.6 is 46.1 Å². The van der Waals surface area contributed by atoms with E-state index in [0.717, 1.165) is 10.9 Å². The maximum absolute atomic E-state index is 9.70. The summed E-state index contributed by atoms with van der Waals surface area (Å²) in [7, 11) is 1.60. The summed E-state index contributed by atoms with van der Waals surface area (Å²) in [5.74, 6) is 0.699. The van der Waals surface area contributed by atoms with Crippen LogP contribution in [-0.2, 0) is 0 Å². The van der Waals surface area contributed by atoms with Gasteiger partial charge in [0.25, 0.3) is 0 Å². The maximum atomic E-state index is 9.70. The summed E-state index contributed by atoms with van der Waals surface area (Å²) in [5, 5.41) is 14.3. The Morgan fingerprint density at radius 3 is 2.63 bits per heavy atom. The molecule has 0 aliphatic heterocycles. The first kappa shape index (κ1) is 20.6. The van der Waals surface area contributed by atoms with Crippen LogP contribution in [0.1, 0.15) is 10.6 Å². The molecule has 2 aromatic carbocycles. The molecule has 0 unspecified atom stereocenters. The molecule has 0 aliphatic rings. The lowest BCUT2D eigenvalue weighted by Crippen LogP contribution is -1.89. The average molecular weight is 473 g/mol. The molecule has 0 aliphatic carbocycles. The molecular formula is C22H12Cl3N3OS. The fourth-order valence-electron chi connectivity index (χ4n) is 2.85. The van der Waals surface area contributed by atoms with Crippen LogP contribution in [0, 0.1) is 11.3 Å². The van der Waals surface area contributed by atoms with Gasteiger partial charge >= 0.3 is 0 Å². The molecule has 0 atom stereocenters. The average Bonchev–Trinajstić information content (AvgIpc) is 3.23. The lowest BCUT2D eigenvalue weighted by atomic mass is 10.1. The molecule has 4 rings (SSSR count). The Kier molecular flexibility index (Phi) is 5.94. The number of rotatable bonds is 4. The zero-order chi connectivity index (χ0) is 21.3. The molecule has 4 aromatic rings. The highest BCUT2D eigenvalue weighted by Gasteiger charge is 2.12. The number of nitrogens with zero attached hydrogens (tertiary/aromatic N) is 3. The molecule has 0 bridgehead atoms. The van der Waals surface area contributed by atoms with Gasteiger partial charge in [0.1, 0.15) is 22.0 Å². The van der Waals surface area contributed by atoms with Crippen LogP contribution in [0.15, 0.2) is 47.8 Å². The molecule has 2 aromatic heterocycles. The quantitative estimate of drug-likeness (QED) is 0.229. The number of pyridine rings is 1. The fraction of sp³-hybridized carbons (Fsp3) is 0.0455. The minimum atomic E-state index is 0.296. The van der Waals surface area contributed by atoms with E-state index in [-0.39, 0.29) is 0 Å². The van der Waals surface area contributed by atoms with Gasteiger partial charge in [0.05, 0.1) is 33.9 Å². The Labute approximate surface area is 191 Å². The molecule has 30 heavy (non-hydrogen) atoms. The number of thiazole rings is 1. The van der Waals surface area contributed by atoms with Crippen molar-refractivity contribution < 1.29 is 4.74 Å². The third kappa shape index (κ3) is 4.14. The highest BCUT2D eigenvalue weighted by Crippen LogP contribution is 2.32. The number of hydrogen-bond donors (Lipinski definition) is 0. The molecule has 148 valence electrons. The van der Waals surface area contributed by atoms with Gasteiger partial charge in [-0.2, -0.15) is 5.26 Å². The van der Waals surface area contributed by atoms with Gasteiger partial charge in [-0.15, -0.1) is 11.3 Å². The second-order valence-corrected chi connectivity index (χ2v) is 8.29. The largest absolute Gasteiger partial charge is 0.497 e. The molecule has 0 N–H and O–H groups in total. The third-order valence-corrected chi connectivity index (χ3v) is 6.29. The summed E-state index contributed by atoms with van der Waals surface area (Å²) in [6.45, 7) is 0. The molecule has 0 saturated heterocycles. The summed E-state index contributed by atoms with van der Waals surface area (Å²) < 4.78 is 5.22. The first-order valence-corrected chi connectivity index (χ1v) is 10.7. The van der Waals surface area contributed by atoms with Gasteiger partial charge in [-0.25, -0.2) is 9.97 Å². The first-order chi connectivity index (χ1) is 14.5. The SMILES string of the molecule is COc1ccc2cc(C=C(C#N)c3nc(-c4ccc(Cl)c(Cl)c4)cs3)c(Cl)nc2c1. The standard InChI is InChI=1S/C22H12Cl3N3OS/c1-29-16-4-2-12-6-14(21(25)27-19(12)9-16)7-15(10-26)22-28-20(11-30-22)13-3-5-17(23)18(24)8-13/h2-9,11H,1H3. The van der Waals surface area contributed by atoms with Gasteiger partial charge in [0.15, 0.2) is 0 Å². The van der Waals surface area contributed by atoms with Crippen LogP contribution in [0.5, 0.6) is 5.75 Å².